The van der Waals surface area contributed by atoms with E-state index in [1.54, 1.807) is 11.1 Å². The SMILES string of the molecule is CNc1cc(CN2CCOC2=O)ccn1. The van der Waals surface area contributed by atoms with Crippen LogP contribution in [0.5, 0.6) is 0 Å². The molecule has 0 spiro atoms. The van der Waals surface area contributed by atoms with Crippen LogP contribution in [0.2, 0.25) is 0 Å². The van der Waals surface area contributed by atoms with E-state index in [9.17, 15) is 4.79 Å². The van der Waals surface area contributed by atoms with Crippen LogP contribution < -0.4 is 5.32 Å². The number of ether oxygens (including phenoxy) is 1. The topological polar surface area (TPSA) is 54.5 Å². The first-order valence-corrected chi connectivity index (χ1v) is 4.84. The molecular weight excluding hydrogens is 194 g/mol. The lowest BCUT2D eigenvalue weighted by Crippen LogP contribution is -2.23. The molecule has 1 amide bonds. The van der Waals surface area contributed by atoms with E-state index < -0.39 is 0 Å². The molecule has 0 saturated carbocycles. The highest BCUT2D eigenvalue weighted by atomic mass is 16.6. The predicted octanol–water partition coefficient (Wildman–Crippen LogP) is 1.08. The van der Waals surface area contributed by atoms with Crippen molar-refractivity contribution in [3.05, 3.63) is 23.9 Å². The van der Waals surface area contributed by atoms with Crippen LogP contribution in [0.4, 0.5) is 10.6 Å². The van der Waals surface area contributed by atoms with Gasteiger partial charge >= 0.3 is 6.09 Å². The van der Waals surface area contributed by atoms with Crippen molar-refractivity contribution in [1.82, 2.24) is 9.88 Å². The van der Waals surface area contributed by atoms with Crippen LogP contribution in [0.1, 0.15) is 5.56 Å². The van der Waals surface area contributed by atoms with E-state index in [0.29, 0.717) is 19.7 Å². The number of carbonyl (C=O) groups is 1. The number of pyridine rings is 1. The van der Waals surface area contributed by atoms with E-state index in [4.69, 9.17) is 4.74 Å². The molecule has 1 N–H and O–H groups in total. The first-order valence-electron chi connectivity index (χ1n) is 4.84. The lowest BCUT2D eigenvalue weighted by molar-refractivity contribution is 0.157. The fourth-order valence-corrected chi connectivity index (χ4v) is 1.50. The highest BCUT2D eigenvalue weighted by Crippen LogP contribution is 2.12. The zero-order valence-electron chi connectivity index (χ0n) is 8.56. The van der Waals surface area contributed by atoms with E-state index in [0.717, 1.165) is 11.4 Å². The number of carbonyl (C=O) groups excluding carboxylic acids is 1. The highest BCUT2D eigenvalue weighted by molar-refractivity contribution is 5.69. The highest BCUT2D eigenvalue weighted by Gasteiger charge is 2.21. The lowest BCUT2D eigenvalue weighted by Gasteiger charge is -2.12. The molecule has 1 aromatic rings. The minimum Gasteiger partial charge on any atom is -0.448 e. The monoisotopic (exact) mass is 207 g/mol. The zero-order valence-corrected chi connectivity index (χ0v) is 8.56. The van der Waals surface area contributed by atoms with Crippen LogP contribution in [-0.4, -0.2) is 36.2 Å². The van der Waals surface area contributed by atoms with Gasteiger partial charge in [0.15, 0.2) is 0 Å². The molecule has 1 fully saturated rings. The third-order valence-corrected chi connectivity index (χ3v) is 2.30. The number of rotatable bonds is 3. The summed E-state index contributed by atoms with van der Waals surface area (Å²) >= 11 is 0. The number of amides is 1. The fourth-order valence-electron chi connectivity index (χ4n) is 1.50. The van der Waals surface area contributed by atoms with E-state index in [2.05, 4.69) is 10.3 Å². The van der Waals surface area contributed by atoms with Gasteiger partial charge in [-0.25, -0.2) is 9.78 Å². The Morgan fingerprint density at radius 1 is 1.67 bits per heavy atom. The lowest BCUT2D eigenvalue weighted by atomic mass is 10.2. The van der Waals surface area contributed by atoms with Crippen LogP contribution >= 0.6 is 0 Å². The van der Waals surface area contributed by atoms with E-state index >= 15 is 0 Å². The van der Waals surface area contributed by atoms with Crippen molar-refractivity contribution in [3.63, 3.8) is 0 Å². The van der Waals surface area contributed by atoms with Crippen molar-refractivity contribution in [2.24, 2.45) is 0 Å². The van der Waals surface area contributed by atoms with Gasteiger partial charge in [-0.05, 0) is 17.7 Å². The van der Waals surface area contributed by atoms with Gasteiger partial charge in [0.25, 0.3) is 0 Å². The molecule has 0 unspecified atom stereocenters. The molecule has 2 rings (SSSR count). The van der Waals surface area contributed by atoms with Crippen molar-refractivity contribution >= 4 is 11.9 Å². The maximum atomic E-state index is 11.2. The smallest absolute Gasteiger partial charge is 0.410 e. The Morgan fingerprint density at radius 3 is 3.20 bits per heavy atom. The van der Waals surface area contributed by atoms with Gasteiger partial charge in [-0.3, -0.25) is 0 Å². The van der Waals surface area contributed by atoms with Crippen molar-refractivity contribution in [2.45, 2.75) is 6.54 Å². The molecule has 0 bridgehead atoms. The summed E-state index contributed by atoms with van der Waals surface area (Å²) in [4.78, 5) is 17.0. The first kappa shape index (κ1) is 9.76. The number of hydrogen-bond acceptors (Lipinski definition) is 4. The van der Waals surface area contributed by atoms with Crippen molar-refractivity contribution < 1.29 is 9.53 Å². The van der Waals surface area contributed by atoms with Crippen LogP contribution in [0, 0.1) is 0 Å². The van der Waals surface area contributed by atoms with E-state index in [-0.39, 0.29) is 6.09 Å². The summed E-state index contributed by atoms with van der Waals surface area (Å²) in [6.07, 6.45) is 1.49. The minimum atomic E-state index is -0.238. The summed E-state index contributed by atoms with van der Waals surface area (Å²) in [5.74, 6) is 0.806. The third-order valence-electron chi connectivity index (χ3n) is 2.30. The predicted molar refractivity (Wildman–Crippen MR) is 55.5 cm³/mol. The molecule has 80 valence electrons. The van der Waals surface area contributed by atoms with Crippen molar-refractivity contribution in [3.8, 4) is 0 Å². The molecule has 15 heavy (non-hydrogen) atoms. The van der Waals surface area contributed by atoms with Gasteiger partial charge in [0.1, 0.15) is 12.4 Å². The standard InChI is InChI=1S/C10H13N3O2/c1-11-9-6-8(2-3-12-9)7-13-4-5-15-10(13)14/h2-3,6H,4-5,7H2,1H3,(H,11,12). The van der Waals surface area contributed by atoms with Crippen LogP contribution in [-0.2, 0) is 11.3 Å². The van der Waals surface area contributed by atoms with Gasteiger partial charge in [-0.1, -0.05) is 0 Å². The van der Waals surface area contributed by atoms with Gasteiger partial charge < -0.3 is 15.0 Å². The molecule has 1 saturated heterocycles. The number of cyclic esters (lactones) is 1. The van der Waals surface area contributed by atoms with Gasteiger partial charge in [0.05, 0.1) is 6.54 Å². The first-order chi connectivity index (χ1) is 7.29. The Hall–Kier alpha value is -1.78. The molecule has 1 aromatic heterocycles. The van der Waals surface area contributed by atoms with Crippen LogP contribution in [0.15, 0.2) is 18.3 Å². The molecule has 0 atom stereocenters. The molecule has 1 aliphatic heterocycles. The van der Waals surface area contributed by atoms with Crippen LogP contribution in [0.25, 0.3) is 0 Å². The Balaban J connectivity index is 2.06. The normalized spacial score (nSPS) is 15.3. The summed E-state index contributed by atoms with van der Waals surface area (Å²) in [6.45, 7) is 1.73. The Bertz CT molecular complexity index is 367. The van der Waals surface area contributed by atoms with Gasteiger partial charge in [-0.2, -0.15) is 0 Å². The summed E-state index contributed by atoms with van der Waals surface area (Å²) in [5.41, 5.74) is 1.05. The van der Waals surface area contributed by atoms with Gasteiger partial charge in [0, 0.05) is 19.8 Å². The number of anilines is 1. The number of nitrogens with one attached hydrogen (secondary N) is 1. The number of nitrogens with zero attached hydrogens (tertiary/aromatic N) is 2. The summed E-state index contributed by atoms with van der Waals surface area (Å²) in [5, 5.41) is 2.96. The summed E-state index contributed by atoms with van der Waals surface area (Å²) in [7, 11) is 1.82. The summed E-state index contributed by atoms with van der Waals surface area (Å²) in [6, 6.07) is 3.82. The summed E-state index contributed by atoms with van der Waals surface area (Å²) < 4.78 is 4.85. The molecule has 5 heteroatoms. The average molecular weight is 207 g/mol. The molecule has 1 aliphatic rings. The van der Waals surface area contributed by atoms with Crippen LogP contribution in [0.3, 0.4) is 0 Å². The Kier molecular flexibility index (Phi) is 2.71. The maximum absolute atomic E-state index is 11.2. The average Bonchev–Trinajstić information content (AvgIpc) is 2.65. The number of aromatic nitrogens is 1. The minimum absolute atomic E-state index is 0.238. The van der Waals surface area contributed by atoms with Crippen molar-refractivity contribution in [2.75, 3.05) is 25.5 Å². The largest absolute Gasteiger partial charge is 0.448 e. The van der Waals surface area contributed by atoms with E-state index in [1.807, 2.05) is 19.2 Å². The molecule has 0 radical (unpaired) electrons. The van der Waals surface area contributed by atoms with Gasteiger partial charge in [-0.15, -0.1) is 0 Å². The fraction of sp³-hybridized carbons (Fsp3) is 0.400. The van der Waals surface area contributed by atoms with E-state index in [1.165, 1.54) is 0 Å². The Morgan fingerprint density at radius 2 is 2.53 bits per heavy atom. The second kappa shape index (κ2) is 4.16. The quantitative estimate of drug-likeness (QED) is 0.805. The number of hydrogen-bond donors (Lipinski definition) is 1. The molecule has 5 nitrogen and oxygen atoms in total. The van der Waals surface area contributed by atoms with Gasteiger partial charge in [0.2, 0.25) is 0 Å². The maximum Gasteiger partial charge on any atom is 0.410 e. The molecular formula is C10H13N3O2. The van der Waals surface area contributed by atoms with Crippen molar-refractivity contribution in [1.29, 1.82) is 0 Å². The molecule has 0 aliphatic carbocycles. The second-order valence-corrected chi connectivity index (χ2v) is 3.34. The zero-order chi connectivity index (χ0) is 10.7. The Labute approximate surface area is 88.1 Å². The molecule has 2 heterocycles. The second-order valence-electron chi connectivity index (χ2n) is 3.34. The third kappa shape index (κ3) is 2.18. The molecule has 0 aromatic carbocycles.